The number of aromatic nitrogens is 2. The van der Waals surface area contributed by atoms with Crippen LogP contribution in [0.2, 0.25) is 0 Å². The number of alkyl halides is 3. The average Bonchev–Trinajstić information content (AvgIpc) is 2.78. The molecule has 0 atom stereocenters. The van der Waals surface area contributed by atoms with Crippen molar-refractivity contribution in [3.05, 3.63) is 47.0 Å². The monoisotopic (exact) mass is 302 g/mol. The first-order valence-electron chi connectivity index (χ1n) is 5.73. The van der Waals surface area contributed by atoms with E-state index in [1.165, 1.54) is 20.4 Å². The van der Waals surface area contributed by atoms with Gasteiger partial charge in [-0.1, -0.05) is 6.07 Å². The molecule has 0 bridgehead atoms. The fraction of sp³-hybridized carbons (Fsp3) is 0.231. The van der Waals surface area contributed by atoms with Gasteiger partial charge in [-0.15, -0.1) is 0 Å². The molecular weight excluding hydrogens is 292 g/mol. The lowest BCUT2D eigenvalue weighted by atomic mass is 10.0. The molecule has 1 heterocycles. The number of carbonyl (C=O) groups excluding carboxylic acids is 1. The number of halogens is 4. The Labute approximate surface area is 116 Å². The van der Waals surface area contributed by atoms with Gasteiger partial charge < -0.3 is 4.74 Å². The summed E-state index contributed by atoms with van der Waals surface area (Å²) in [4.78, 5) is 12.3. The number of benzene rings is 1. The molecule has 0 N–H and O–H groups in total. The van der Waals surface area contributed by atoms with Crippen LogP contribution >= 0.6 is 0 Å². The fourth-order valence-corrected chi connectivity index (χ4v) is 1.88. The first-order chi connectivity index (χ1) is 9.77. The highest BCUT2D eigenvalue weighted by molar-refractivity contribution is 6.09. The minimum atomic E-state index is -4.88. The van der Waals surface area contributed by atoms with Crippen LogP contribution in [0.1, 0.15) is 21.6 Å². The van der Waals surface area contributed by atoms with E-state index in [0.717, 1.165) is 16.8 Å². The van der Waals surface area contributed by atoms with Crippen LogP contribution in [0, 0.1) is 5.82 Å². The lowest BCUT2D eigenvalue weighted by Gasteiger charge is -2.11. The molecule has 1 aromatic heterocycles. The van der Waals surface area contributed by atoms with Gasteiger partial charge >= 0.3 is 6.18 Å². The number of ketones is 1. The zero-order valence-corrected chi connectivity index (χ0v) is 11.0. The molecule has 21 heavy (non-hydrogen) atoms. The molecule has 0 aliphatic heterocycles. The highest BCUT2D eigenvalue weighted by Gasteiger charge is 2.36. The SMILES string of the molecule is COc1cnn(C)c1C(=O)c1cccc(C(F)(F)F)c1F. The summed E-state index contributed by atoms with van der Waals surface area (Å²) in [5.41, 5.74) is -2.31. The number of methoxy groups -OCH3 is 1. The molecule has 0 saturated carbocycles. The maximum Gasteiger partial charge on any atom is 0.419 e. The third-order valence-electron chi connectivity index (χ3n) is 2.89. The van der Waals surface area contributed by atoms with Crippen molar-refractivity contribution in [3.8, 4) is 5.75 Å². The Bertz CT molecular complexity index is 692. The Hall–Kier alpha value is -2.38. The van der Waals surface area contributed by atoms with Crippen LogP contribution in [0.25, 0.3) is 0 Å². The second kappa shape index (κ2) is 5.19. The van der Waals surface area contributed by atoms with E-state index in [-0.39, 0.29) is 11.4 Å². The maximum absolute atomic E-state index is 14.0. The van der Waals surface area contributed by atoms with Gasteiger partial charge in [0.15, 0.2) is 11.4 Å². The van der Waals surface area contributed by atoms with E-state index in [4.69, 9.17) is 4.74 Å². The summed E-state index contributed by atoms with van der Waals surface area (Å²) in [5.74, 6) is -2.49. The van der Waals surface area contributed by atoms with Crippen LogP contribution in [0.3, 0.4) is 0 Å². The molecule has 0 aliphatic carbocycles. The van der Waals surface area contributed by atoms with Crippen molar-refractivity contribution in [2.45, 2.75) is 6.18 Å². The first kappa shape index (κ1) is 15.0. The largest absolute Gasteiger partial charge is 0.493 e. The van der Waals surface area contributed by atoms with Crippen molar-refractivity contribution < 1.29 is 27.1 Å². The predicted molar refractivity (Wildman–Crippen MR) is 64.6 cm³/mol. The number of aryl methyl sites for hydroxylation is 1. The lowest BCUT2D eigenvalue weighted by Crippen LogP contribution is -2.15. The van der Waals surface area contributed by atoms with E-state index >= 15 is 0 Å². The number of rotatable bonds is 3. The quantitative estimate of drug-likeness (QED) is 0.647. The van der Waals surface area contributed by atoms with Gasteiger partial charge in [-0.05, 0) is 12.1 Å². The molecule has 0 fully saturated rings. The summed E-state index contributed by atoms with van der Waals surface area (Å²) in [6.45, 7) is 0. The van der Waals surface area contributed by atoms with Gasteiger partial charge in [-0.2, -0.15) is 18.3 Å². The summed E-state index contributed by atoms with van der Waals surface area (Å²) in [6.07, 6.45) is -3.66. The highest BCUT2D eigenvalue weighted by Crippen LogP contribution is 2.33. The summed E-state index contributed by atoms with van der Waals surface area (Å²) in [7, 11) is 2.68. The van der Waals surface area contributed by atoms with Crippen LogP contribution < -0.4 is 4.74 Å². The molecule has 0 radical (unpaired) electrons. The standard InChI is InChI=1S/C13H10F4N2O2/c1-19-11(9(21-2)6-18-19)12(20)7-4-3-5-8(10(7)14)13(15,16)17/h3-6H,1-2H3. The van der Waals surface area contributed by atoms with Crippen molar-refractivity contribution in [3.63, 3.8) is 0 Å². The zero-order valence-electron chi connectivity index (χ0n) is 11.0. The van der Waals surface area contributed by atoms with E-state index < -0.39 is 28.9 Å². The third-order valence-corrected chi connectivity index (χ3v) is 2.89. The highest BCUT2D eigenvalue weighted by atomic mass is 19.4. The molecule has 4 nitrogen and oxygen atoms in total. The lowest BCUT2D eigenvalue weighted by molar-refractivity contribution is -0.140. The van der Waals surface area contributed by atoms with E-state index in [2.05, 4.69) is 5.10 Å². The van der Waals surface area contributed by atoms with Crippen LogP contribution in [-0.2, 0) is 13.2 Å². The van der Waals surface area contributed by atoms with Crippen molar-refractivity contribution in [1.82, 2.24) is 9.78 Å². The normalized spacial score (nSPS) is 11.5. The molecule has 2 aromatic rings. The second-order valence-corrected chi connectivity index (χ2v) is 4.18. The molecule has 112 valence electrons. The summed E-state index contributed by atoms with van der Waals surface area (Å²) >= 11 is 0. The number of nitrogens with zero attached hydrogens (tertiary/aromatic N) is 2. The third kappa shape index (κ3) is 2.61. The smallest absolute Gasteiger partial charge is 0.419 e. The Kier molecular flexibility index (Phi) is 3.71. The van der Waals surface area contributed by atoms with Crippen molar-refractivity contribution in [1.29, 1.82) is 0 Å². The Morgan fingerprint density at radius 2 is 2.00 bits per heavy atom. The van der Waals surface area contributed by atoms with Crippen LogP contribution in [0.4, 0.5) is 17.6 Å². The minimum Gasteiger partial charge on any atom is -0.493 e. The molecule has 0 amide bonds. The van der Waals surface area contributed by atoms with E-state index in [0.29, 0.717) is 6.07 Å². The van der Waals surface area contributed by atoms with Gasteiger partial charge in [0.05, 0.1) is 24.4 Å². The van der Waals surface area contributed by atoms with E-state index in [9.17, 15) is 22.4 Å². The van der Waals surface area contributed by atoms with Crippen molar-refractivity contribution in [2.24, 2.45) is 7.05 Å². The molecule has 1 aromatic carbocycles. The van der Waals surface area contributed by atoms with Gasteiger partial charge in [0.2, 0.25) is 5.78 Å². The topological polar surface area (TPSA) is 44.1 Å². The van der Waals surface area contributed by atoms with Crippen molar-refractivity contribution in [2.75, 3.05) is 7.11 Å². The zero-order chi connectivity index (χ0) is 15.8. The molecule has 0 aliphatic rings. The predicted octanol–water partition coefficient (Wildman–Crippen LogP) is 2.82. The molecule has 0 spiro atoms. The minimum absolute atomic E-state index is 0.0549. The molecule has 0 saturated heterocycles. The van der Waals surface area contributed by atoms with Crippen LogP contribution in [0.5, 0.6) is 5.75 Å². The maximum atomic E-state index is 14.0. The van der Waals surface area contributed by atoms with Gasteiger partial charge in [0.1, 0.15) is 5.82 Å². The summed E-state index contributed by atoms with van der Waals surface area (Å²) in [5, 5.41) is 3.76. The van der Waals surface area contributed by atoms with E-state index in [1.54, 1.807) is 0 Å². The molecule has 0 unspecified atom stereocenters. The number of hydrogen-bond acceptors (Lipinski definition) is 3. The van der Waals surface area contributed by atoms with E-state index in [1.807, 2.05) is 0 Å². The number of ether oxygens (including phenoxy) is 1. The fourth-order valence-electron chi connectivity index (χ4n) is 1.88. The van der Waals surface area contributed by atoms with Gasteiger partial charge in [-0.25, -0.2) is 4.39 Å². The Balaban J connectivity index is 2.57. The summed E-state index contributed by atoms with van der Waals surface area (Å²) < 4.78 is 58.0. The van der Waals surface area contributed by atoms with Crippen molar-refractivity contribution >= 4 is 5.78 Å². The average molecular weight is 302 g/mol. The Morgan fingerprint density at radius 1 is 1.33 bits per heavy atom. The number of hydrogen-bond donors (Lipinski definition) is 0. The van der Waals surface area contributed by atoms with Gasteiger partial charge in [0, 0.05) is 7.05 Å². The van der Waals surface area contributed by atoms with Crippen LogP contribution in [0.15, 0.2) is 24.4 Å². The van der Waals surface area contributed by atoms with Gasteiger partial charge in [-0.3, -0.25) is 9.48 Å². The Morgan fingerprint density at radius 3 is 2.57 bits per heavy atom. The molecular formula is C13H10F4N2O2. The van der Waals surface area contributed by atoms with Gasteiger partial charge in [0.25, 0.3) is 0 Å². The summed E-state index contributed by atoms with van der Waals surface area (Å²) in [6, 6.07) is 2.54. The van der Waals surface area contributed by atoms with Crippen LogP contribution in [-0.4, -0.2) is 22.7 Å². The number of carbonyl (C=O) groups is 1. The second-order valence-electron chi connectivity index (χ2n) is 4.18. The molecule has 2 rings (SSSR count). The first-order valence-corrected chi connectivity index (χ1v) is 5.73. The molecule has 8 heteroatoms.